The van der Waals surface area contributed by atoms with Crippen molar-refractivity contribution in [2.24, 2.45) is 11.8 Å². The monoisotopic (exact) mass is 398 g/mol. The van der Waals surface area contributed by atoms with Crippen molar-refractivity contribution < 1.29 is 39.6 Å². The average Bonchev–Trinajstić information content (AvgIpc) is 2.35. The summed E-state index contributed by atoms with van der Waals surface area (Å²) in [4.78, 5) is 26.8. The zero-order valence-electron chi connectivity index (χ0n) is 16.3. The molecular formula is C16H31FN2O8. The number of carboxylic acid groups (broad SMARTS) is 4. The largest absolute Gasteiger partial charge is 0.503 e. The third-order valence-electron chi connectivity index (χ3n) is 1.13. The number of rotatable bonds is 1. The Kier molecular flexibility index (Phi) is 29.7. The van der Waals surface area contributed by atoms with E-state index in [1.807, 2.05) is 0 Å². The highest BCUT2D eigenvalue weighted by Gasteiger charge is 2.07. The van der Waals surface area contributed by atoms with Gasteiger partial charge in [0, 0.05) is 6.07 Å². The quantitative estimate of drug-likeness (QED) is 0.244. The van der Waals surface area contributed by atoms with E-state index in [1.165, 1.54) is 12.1 Å². The summed E-state index contributed by atoms with van der Waals surface area (Å²) in [7, 11) is 0. The van der Waals surface area contributed by atoms with Gasteiger partial charge in [0.05, 0.1) is 4.92 Å². The van der Waals surface area contributed by atoms with Crippen LogP contribution in [0.25, 0.3) is 0 Å². The topological polar surface area (TPSA) is 184 Å². The van der Waals surface area contributed by atoms with Crippen LogP contribution in [-0.4, -0.2) is 37.7 Å². The minimum Gasteiger partial charge on any atom is -0.450 e. The summed E-state index contributed by atoms with van der Waals surface area (Å²) in [6.45, 7) is 13.0. The first-order chi connectivity index (χ1) is 11.6. The zero-order valence-corrected chi connectivity index (χ0v) is 16.3. The highest BCUT2D eigenvalue weighted by Crippen LogP contribution is 2.18. The number of carbonyl (C=O) groups is 2. The molecule has 0 aliphatic heterocycles. The third kappa shape index (κ3) is 70.7. The van der Waals surface area contributed by atoms with Gasteiger partial charge in [0.25, 0.3) is 5.69 Å². The van der Waals surface area contributed by atoms with E-state index in [9.17, 15) is 10.1 Å². The SMILES string of the molecule is CC(C)C.CC(C)C.F.Nc1ccccc1[N+](=O)[O-].O=C(O)O.O=C(O)O. The molecule has 0 fully saturated rings. The van der Waals surface area contributed by atoms with Crippen LogP contribution in [0.2, 0.25) is 0 Å². The van der Waals surface area contributed by atoms with E-state index in [-0.39, 0.29) is 16.1 Å². The standard InChI is InChI=1S/C6H6N2O2.2C4H10.2CH2O3.FH/c7-5-3-1-2-4-6(5)8(9)10;2*1-4(2)3;2*2-1(3)4;/h1-4H,7H2;2*4H,1-3H3;2*(H2,2,3,4);1H. The fourth-order valence-electron chi connectivity index (χ4n) is 0.654. The summed E-state index contributed by atoms with van der Waals surface area (Å²) in [6, 6.07) is 6.10. The van der Waals surface area contributed by atoms with Gasteiger partial charge in [-0.1, -0.05) is 53.7 Å². The molecule has 0 aromatic heterocycles. The van der Waals surface area contributed by atoms with Gasteiger partial charge >= 0.3 is 12.3 Å². The number of hydrogen-bond acceptors (Lipinski definition) is 5. The van der Waals surface area contributed by atoms with E-state index in [4.69, 9.17) is 35.7 Å². The van der Waals surface area contributed by atoms with Crippen molar-refractivity contribution in [1.29, 1.82) is 0 Å². The van der Waals surface area contributed by atoms with Gasteiger partial charge in [-0.3, -0.25) is 14.8 Å². The number of anilines is 1. The van der Waals surface area contributed by atoms with Crippen LogP contribution in [0.3, 0.4) is 0 Å². The Morgan fingerprint density at radius 3 is 1.26 bits per heavy atom. The van der Waals surface area contributed by atoms with Crippen LogP contribution in [0.15, 0.2) is 24.3 Å². The molecule has 6 N–H and O–H groups in total. The second-order valence-corrected chi connectivity index (χ2v) is 5.85. The Balaban J connectivity index is -0.0000000814. The number of halogens is 1. The predicted octanol–water partition coefficient (Wildman–Crippen LogP) is 5.10. The second kappa shape index (κ2) is 22.9. The van der Waals surface area contributed by atoms with E-state index in [0.717, 1.165) is 11.8 Å². The summed E-state index contributed by atoms with van der Waals surface area (Å²) in [5.74, 6) is 1.67. The van der Waals surface area contributed by atoms with Crippen LogP contribution >= 0.6 is 0 Å². The van der Waals surface area contributed by atoms with Crippen LogP contribution in [0.5, 0.6) is 0 Å². The van der Waals surface area contributed by atoms with Gasteiger partial charge in [0.15, 0.2) is 0 Å². The molecule has 0 heterocycles. The van der Waals surface area contributed by atoms with Crippen LogP contribution in [0, 0.1) is 22.0 Å². The molecule has 1 aromatic rings. The summed E-state index contributed by atoms with van der Waals surface area (Å²) < 4.78 is 0. The smallest absolute Gasteiger partial charge is 0.450 e. The van der Waals surface area contributed by atoms with Gasteiger partial charge in [-0.15, -0.1) is 0 Å². The van der Waals surface area contributed by atoms with Crippen LogP contribution in [-0.2, 0) is 0 Å². The minimum absolute atomic E-state index is 0. The molecule has 0 aliphatic rings. The first-order valence-electron chi connectivity index (χ1n) is 7.47. The van der Waals surface area contributed by atoms with Crippen molar-refractivity contribution in [1.82, 2.24) is 0 Å². The maximum Gasteiger partial charge on any atom is 0.503 e. The highest BCUT2D eigenvalue weighted by molar-refractivity contribution is 5.57. The number of benzene rings is 1. The summed E-state index contributed by atoms with van der Waals surface area (Å²) in [5.41, 5.74) is 5.44. The Bertz CT molecular complexity index is 479. The summed E-state index contributed by atoms with van der Waals surface area (Å²) in [6.07, 6.45) is -3.67. The molecule has 0 saturated carbocycles. The lowest BCUT2D eigenvalue weighted by Gasteiger charge is -1.92. The lowest BCUT2D eigenvalue weighted by molar-refractivity contribution is -0.383. The molecule has 0 amide bonds. The second-order valence-electron chi connectivity index (χ2n) is 5.85. The molecule has 0 atom stereocenters. The van der Waals surface area contributed by atoms with Gasteiger partial charge in [-0.25, -0.2) is 9.59 Å². The molecule has 0 unspecified atom stereocenters. The van der Waals surface area contributed by atoms with E-state index >= 15 is 0 Å². The molecule has 10 nitrogen and oxygen atoms in total. The first-order valence-corrected chi connectivity index (χ1v) is 7.47. The van der Waals surface area contributed by atoms with Gasteiger partial charge in [-0.05, 0) is 17.9 Å². The first kappa shape index (κ1) is 35.1. The lowest BCUT2D eigenvalue weighted by Crippen LogP contribution is -1.93. The number of nitrogen functional groups attached to an aromatic ring is 1. The van der Waals surface area contributed by atoms with E-state index in [1.54, 1.807) is 12.1 Å². The van der Waals surface area contributed by atoms with E-state index in [0.29, 0.717) is 0 Å². The number of nitrogens with two attached hydrogens (primary N) is 1. The number of nitro groups is 1. The van der Waals surface area contributed by atoms with Gasteiger partial charge in [0.1, 0.15) is 5.69 Å². The molecule has 1 rings (SSSR count). The predicted molar refractivity (Wildman–Crippen MR) is 102 cm³/mol. The van der Waals surface area contributed by atoms with Crippen molar-refractivity contribution >= 4 is 23.7 Å². The molecule has 0 saturated heterocycles. The summed E-state index contributed by atoms with van der Waals surface area (Å²) in [5, 5.41) is 38.0. The molecule has 0 aliphatic carbocycles. The molecule has 0 spiro atoms. The normalized spacial score (nSPS) is 7.85. The number of hydrogen-bond donors (Lipinski definition) is 5. The van der Waals surface area contributed by atoms with Crippen molar-refractivity contribution in [3.05, 3.63) is 34.4 Å². The van der Waals surface area contributed by atoms with Crippen molar-refractivity contribution in [3.8, 4) is 0 Å². The average molecular weight is 398 g/mol. The number of nitrogens with zero attached hydrogens (tertiary/aromatic N) is 1. The molecule has 11 heteroatoms. The maximum atomic E-state index is 10.1. The summed E-state index contributed by atoms with van der Waals surface area (Å²) >= 11 is 0. The van der Waals surface area contributed by atoms with E-state index in [2.05, 4.69) is 41.5 Å². The van der Waals surface area contributed by atoms with E-state index < -0.39 is 17.2 Å². The molecule has 27 heavy (non-hydrogen) atoms. The molecule has 0 radical (unpaired) electrons. The zero-order chi connectivity index (χ0) is 21.9. The Morgan fingerprint density at radius 2 is 1.11 bits per heavy atom. The van der Waals surface area contributed by atoms with Crippen molar-refractivity contribution in [2.75, 3.05) is 5.73 Å². The maximum absolute atomic E-state index is 10.1. The van der Waals surface area contributed by atoms with Crippen LogP contribution in [0.4, 0.5) is 25.7 Å². The Hall–Kier alpha value is -3.11. The molecule has 1 aromatic carbocycles. The van der Waals surface area contributed by atoms with Crippen molar-refractivity contribution in [2.45, 2.75) is 41.5 Å². The Labute approximate surface area is 157 Å². The molecular weight excluding hydrogens is 367 g/mol. The fourth-order valence-corrected chi connectivity index (χ4v) is 0.654. The molecule has 160 valence electrons. The molecule has 0 bridgehead atoms. The van der Waals surface area contributed by atoms with Gasteiger partial charge < -0.3 is 26.2 Å². The van der Waals surface area contributed by atoms with Crippen molar-refractivity contribution in [3.63, 3.8) is 0 Å². The number of para-hydroxylation sites is 2. The lowest BCUT2D eigenvalue weighted by atomic mass is 10.3. The fraction of sp³-hybridized carbons (Fsp3) is 0.500. The minimum atomic E-state index is -1.83. The third-order valence-corrected chi connectivity index (χ3v) is 1.13. The van der Waals surface area contributed by atoms with Gasteiger partial charge in [-0.2, -0.15) is 0 Å². The van der Waals surface area contributed by atoms with Crippen LogP contribution < -0.4 is 5.73 Å². The van der Waals surface area contributed by atoms with Crippen LogP contribution in [0.1, 0.15) is 41.5 Å². The Morgan fingerprint density at radius 1 is 0.889 bits per heavy atom. The highest BCUT2D eigenvalue weighted by atomic mass is 19.0. The number of nitro benzene ring substituents is 1. The van der Waals surface area contributed by atoms with Gasteiger partial charge in [0.2, 0.25) is 0 Å².